The first-order valence-corrected chi connectivity index (χ1v) is 6.26. The fraction of sp³-hybridized carbons (Fsp3) is 0.143. The Labute approximate surface area is 116 Å². The minimum atomic E-state index is 0.591. The summed E-state index contributed by atoms with van der Waals surface area (Å²) in [6, 6.07) is 13.3. The van der Waals surface area contributed by atoms with Crippen molar-refractivity contribution in [2.75, 3.05) is 12.4 Å². The molecule has 0 saturated carbocycles. The number of hydrogen-bond acceptors (Lipinski definition) is 2. The Morgan fingerprint density at radius 1 is 1.11 bits per heavy atom. The molecule has 0 amide bonds. The van der Waals surface area contributed by atoms with E-state index in [2.05, 4.69) is 5.32 Å². The van der Waals surface area contributed by atoms with E-state index in [-0.39, 0.29) is 0 Å². The van der Waals surface area contributed by atoms with E-state index in [1.54, 1.807) is 7.11 Å². The molecule has 0 atom stereocenters. The molecule has 0 bridgehead atoms. The number of hydrogen-bond donors (Lipinski definition) is 1. The Hall–Kier alpha value is -1.38. The molecular formula is C14H13Cl2NO. The van der Waals surface area contributed by atoms with Gasteiger partial charge in [-0.15, -0.1) is 0 Å². The number of ether oxygens (including phenoxy) is 1. The number of benzene rings is 2. The zero-order chi connectivity index (χ0) is 13.0. The van der Waals surface area contributed by atoms with Crippen LogP contribution in [0.5, 0.6) is 5.75 Å². The first-order valence-electron chi connectivity index (χ1n) is 5.51. The quantitative estimate of drug-likeness (QED) is 0.883. The SMILES string of the molecule is COc1ccc(NCc2cccc(Cl)c2)cc1Cl. The van der Waals surface area contributed by atoms with E-state index in [4.69, 9.17) is 27.9 Å². The number of nitrogens with one attached hydrogen (secondary N) is 1. The predicted octanol–water partition coefficient (Wildman–Crippen LogP) is 4.61. The molecular weight excluding hydrogens is 269 g/mol. The van der Waals surface area contributed by atoms with Crippen LogP contribution < -0.4 is 10.1 Å². The molecule has 0 aliphatic carbocycles. The highest BCUT2D eigenvalue weighted by Gasteiger charge is 2.01. The van der Waals surface area contributed by atoms with Gasteiger partial charge in [-0.05, 0) is 35.9 Å². The normalized spacial score (nSPS) is 10.2. The Kier molecular flexibility index (Phi) is 4.34. The first kappa shape index (κ1) is 13.1. The van der Waals surface area contributed by atoms with Crippen molar-refractivity contribution in [3.05, 3.63) is 58.1 Å². The summed E-state index contributed by atoms with van der Waals surface area (Å²) in [7, 11) is 1.60. The maximum Gasteiger partial charge on any atom is 0.137 e. The van der Waals surface area contributed by atoms with Gasteiger partial charge in [-0.2, -0.15) is 0 Å². The van der Waals surface area contributed by atoms with Gasteiger partial charge in [-0.1, -0.05) is 35.3 Å². The van der Waals surface area contributed by atoms with Gasteiger partial charge in [0.2, 0.25) is 0 Å². The van der Waals surface area contributed by atoms with E-state index in [1.807, 2.05) is 42.5 Å². The van der Waals surface area contributed by atoms with Crippen molar-refractivity contribution in [3.63, 3.8) is 0 Å². The largest absolute Gasteiger partial charge is 0.495 e. The summed E-state index contributed by atoms with van der Waals surface area (Å²) in [5.74, 6) is 0.671. The van der Waals surface area contributed by atoms with Gasteiger partial charge in [0.1, 0.15) is 5.75 Å². The van der Waals surface area contributed by atoms with Gasteiger partial charge in [0.05, 0.1) is 12.1 Å². The van der Waals surface area contributed by atoms with Crippen LogP contribution in [-0.2, 0) is 6.54 Å². The van der Waals surface area contributed by atoms with Crippen molar-refractivity contribution >= 4 is 28.9 Å². The van der Waals surface area contributed by atoms with Crippen LogP contribution in [0.4, 0.5) is 5.69 Å². The minimum absolute atomic E-state index is 0.591. The van der Waals surface area contributed by atoms with Gasteiger partial charge < -0.3 is 10.1 Å². The highest BCUT2D eigenvalue weighted by atomic mass is 35.5. The molecule has 0 aliphatic rings. The van der Waals surface area contributed by atoms with Gasteiger partial charge in [-0.3, -0.25) is 0 Å². The van der Waals surface area contributed by atoms with Gasteiger partial charge in [0, 0.05) is 17.3 Å². The smallest absolute Gasteiger partial charge is 0.137 e. The lowest BCUT2D eigenvalue weighted by Crippen LogP contribution is -1.99. The van der Waals surface area contributed by atoms with Crippen LogP contribution in [0.3, 0.4) is 0 Å². The Balaban J connectivity index is 2.04. The Morgan fingerprint density at radius 3 is 2.61 bits per heavy atom. The molecule has 94 valence electrons. The van der Waals surface area contributed by atoms with Crippen LogP contribution >= 0.6 is 23.2 Å². The standard InChI is InChI=1S/C14H13Cl2NO/c1-18-14-6-5-12(8-13(14)16)17-9-10-3-2-4-11(15)7-10/h2-8,17H,9H2,1H3. The summed E-state index contributed by atoms with van der Waals surface area (Å²) >= 11 is 12.0. The molecule has 18 heavy (non-hydrogen) atoms. The van der Waals surface area contributed by atoms with Crippen molar-refractivity contribution in [2.45, 2.75) is 6.54 Å². The Bertz CT molecular complexity index is 543. The molecule has 0 aliphatic heterocycles. The highest BCUT2D eigenvalue weighted by Crippen LogP contribution is 2.27. The molecule has 2 aromatic carbocycles. The van der Waals surface area contributed by atoms with E-state index in [0.717, 1.165) is 16.3 Å². The molecule has 1 N–H and O–H groups in total. The van der Waals surface area contributed by atoms with Crippen molar-refractivity contribution < 1.29 is 4.74 Å². The maximum atomic E-state index is 6.05. The fourth-order valence-corrected chi connectivity index (χ4v) is 2.10. The third kappa shape index (κ3) is 3.31. The molecule has 2 rings (SSSR count). The predicted molar refractivity (Wildman–Crippen MR) is 76.8 cm³/mol. The van der Waals surface area contributed by atoms with E-state index in [0.29, 0.717) is 17.3 Å². The van der Waals surface area contributed by atoms with Gasteiger partial charge in [0.25, 0.3) is 0 Å². The Morgan fingerprint density at radius 2 is 1.94 bits per heavy atom. The van der Waals surface area contributed by atoms with Crippen molar-refractivity contribution in [3.8, 4) is 5.75 Å². The fourth-order valence-electron chi connectivity index (χ4n) is 1.63. The lowest BCUT2D eigenvalue weighted by atomic mass is 10.2. The van der Waals surface area contributed by atoms with E-state index in [1.165, 1.54) is 0 Å². The van der Waals surface area contributed by atoms with Crippen LogP contribution in [-0.4, -0.2) is 7.11 Å². The van der Waals surface area contributed by atoms with Crippen molar-refractivity contribution in [2.24, 2.45) is 0 Å². The third-order valence-corrected chi connectivity index (χ3v) is 3.07. The summed E-state index contributed by atoms with van der Waals surface area (Å²) in [6.07, 6.45) is 0. The molecule has 0 heterocycles. The van der Waals surface area contributed by atoms with E-state index >= 15 is 0 Å². The van der Waals surface area contributed by atoms with Crippen LogP contribution in [0.2, 0.25) is 10.0 Å². The molecule has 4 heteroatoms. The molecule has 0 spiro atoms. The summed E-state index contributed by atoms with van der Waals surface area (Å²) < 4.78 is 5.10. The monoisotopic (exact) mass is 281 g/mol. The highest BCUT2D eigenvalue weighted by molar-refractivity contribution is 6.32. The first-order chi connectivity index (χ1) is 8.69. The van der Waals surface area contributed by atoms with Gasteiger partial charge in [-0.25, -0.2) is 0 Å². The number of methoxy groups -OCH3 is 1. The summed E-state index contributed by atoms with van der Waals surface area (Å²) in [5, 5.41) is 4.61. The zero-order valence-electron chi connectivity index (χ0n) is 9.91. The number of rotatable bonds is 4. The van der Waals surface area contributed by atoms with Gasteiger partial charge >= 0.3 is 0 Å². The summed E-state index contributed by atoms with van der Waals surface area (Å²) in [6.45, 7) is 0.698. The second-order valence-electron chi connectivity index (χ2n) is 3.83. The zero-order valence-corrected chi connectivity index (χ0v) is 11.4. The summed E-state index contributed by atoms with van der Waals surface area (Å²) in [4.78, 5) is 0. The third-order valence-electron chi connectivity index (χ3n) is 2.54. The molecule has 0 saturated heterocycles. The van der Waals surface area contributed by atoms with Crippen molar-refractivity contribution in [1.82, 2.24) is 0 Å². The molecule has 0 aromatic heterocycles. The van der Waals surface area contributed by atoms with Crippen LogP contribution in [0, 0.1) is 0 Å². The molecule has 2 aromatic rings. The average molecular weight is 282 g/mol. The van der Waals surface area contributed by atoms with Crippen LogP contribution in [0.1, 0.15) is 5.56 Å². The maximum absolute atomic E-state index is 6.05. The van der Waals surface area contributed by atoms with Gasteiger partial charge in [0.15, 0.2) is 0 Å². The van der Waals surface area contributed by atoms with Crippen LogP contribution in [0.15, 0.2) is 42.5 Å². The number of anilines is 1. The lowest BCUT2D eigenvalue weighted by Gasteiger charge is -2.09. The number of halogens is 2. The average Bonchev–Trinajstić information content (AvgIpc) is 2.37. The topological polar surface area (TPSA) is 21.3 Å². The molecule has 0 radical (unpaired) electrons. The lowest BCUT2D eigenvalue weighted by molar-refractivity contribution is 0.415. The van der Waals surface area contributed by atoms with Crippen LogP contribution in [0.25, 0.3) is 0 Å². The second-order valence-corrected chi connectivity index (χ2v) is 4.68. The minimum Gasteiger partial charge on any atom is -0.495 e. The van der Waals surface area contributed by atoms with Crippen molar-refractivity contribution in [1.29, 1.82) is 0 Å². The molecule has 2 nitrogen and oxygen atoms in total. The van der Waals surface area contributed by atoms with E-state index in [9.17, 15) is 0 Å². The second kappa shape index (κ2) is 5.98. The van der Waals surface area contributed by atoms with E-state index < -0.39 is 0 Å². The summed E-state index contributed by atoms with van der Waals surface area (Å²) in [5.41, 5.74) is 2.07. The molecule has 0 unspecified atom stereocenters. The molecule has 0 fully saturated rings.